The SMILES string of the molecule is CC(Cl)C(Br)Br. The second-order valence-corrected chi connectivity index (χ2v) is 4.90. The molecule has 0 aliphatic rings. The molecule has 0 saturated carbocycles. The van der Waals surface area contributed by atoms with Gasteiger partial charge in [-0.05, 0) is 6.92 Å². The van der Waals surface area contributed by atoms with E-state index in [9.17, 15) is 0 Å². The van der Waals surface area contributed by atoms with Crippen molar-refractivity contribution in [2.75, 3.05) is 0 Å². The third kappa shape index (κ3) is 3.44. The van der Waals surface area contributed by atoms with Gasteiger partial charge in [0.05, 0.1) is 9.11 Å². The minimum absolute atomic E-state index is 0.157. The first-order chi connectivity index (χ1) is 2.64. The van der Waals surface area contributed by atoms with Gasteiger partial charge < -0.3 is 0 Å². The summed E-state index contributed by atoms with van der Waals surface area (Å²) in [6.07, 6.45) is 0. The van der Waals surface area contributed by atoms with Gasteiger partial charge in [0.2, 0.25) is 0 Å². The standard InChI is InChI=1S/C3H5Br2Cl/c1-2(6)3(4)5/h2-3H,1H3. The van der Waals surface area contributed by atoms with E-state index in [4.69, 9.17) is 11.6 Å². The van der Waals surface area contributed by atoms with Crippen LogP contribution in [0.2, 0.25) is 0 Å². The summed E-state index contributed by atoms with van der Waals surface area (Å²) in [6.45, 7) is 1.91. The molecule has 0 heterocycles. The molecular formula is C3H5Br2Cl. The number of hydrogen-bond acceptors (Lipinski definition) is 0. The lowest BCUT2D eigenvalue weighted by molar-refractivity contribution is 1.09. The molecule has 0 aliphatic heterocycles. The Balaban J connectivity index is 2.99. The van der Waals surface area contributed by atoms with Crippen LogP contribution in [-0.4, -0.2) is 9.11 Å². The fraction of sp³-hybridized carbons (Fsp3) is 1.00. The lowest BCUT2D eigenvalue weighted by Gasteiger charge is -1.98. The molecule has 0 aromatic rings. The average molecular weight is 236 g/mol. The Morgan fingerprint density at radius 3 is 1.67 bits per heavy atom. The van der Waals surface area contributed by atoms with Gasteiger partial charge in [0.1, 0.15) is 0 Å². The van der Waals surface area contributed by atoms with Gasteiger partial charge in [0, 0.05) is 0 Å². The van der Waals surface area contributed by atoms with E-state index >= 15 is 0 Å². The molecule has 1 unspecified atom stereocenters. The third-order valence-electron chi connectivity index (χ3n) is 0.347. The predicted octanol–water partition coefficient (Wildman–Crippen LogP) is 2.73. The first-order valence-corrected chi connectivity index (χ1v) is 3.83. The summed E-state index contributed by atoms with van der Waals surface area (Å²) < 4.78 is 0.242. The van der Waals surface area contributed by atoms with Crippen molar-refractivity contribution >= 4 is 43.5 Å². The molecule has 1 atom stereocenters. The molecule has 0 N–H and O–H groups in total. The monoisotopic (exact) mass is 234 g/mol. The van der Waals surface area contributed by atoms with E-state index in [0.717, 1.165) is 0 Å². The van der Waals surface area contributed by atoms with Crippen molar-refractivity contribution in [3.8, 4) is 0 Å². The van der Waals surface area contributed by atoms with E-state index in [0.29, 0.717) is 0 Å². The second kappa shape index (κ2) is 3.28. The molecule has 0 nitrogen and oxygen atoms in total. The summed E-state index contributed by atoms with van der Waals surface area (Å²) in [4.78, 5) is 0. The Hall–Kier alpha value is 1.25. The van der Waals surface area contributed by atoms with E-state index in [1.807, 2.05) is 6.92 Å². The molecule has 0 saturated heterocycles. The number of halogens is 3. The summed E-state index contributed by atoms with van der Waals surface area (Å²) in [5.74, 6) is 0. The third-order valence-corrected chi connectivity index (χ3v) is 2.79. The molecule has 3 heteroatoms. The van der Waals surface area contributed by atoms with Gasteiger partial charge in [-0.2, -0.15) is 0 Å². The highest BCUT2D eigenvalue weighted by atomic mass is 79.9. The van der Waals surface area contributed by atoms with Crippen molar-refractivity contribution in [1.82, 2.24) is 0 Å². The zero-order valence-electron chi connectivity index (χ0n) is 3.29. The maximum absolute atomic E-state index is 5.52. The predicted molar refractivity (Wildman–Crippen MR) is 37.0 cm³/mol. The molecule has 0 rings (SSSR count). The van der Waals surface area contributed by atoms with Gasteiger partial charge in [-0.25, -0.2) is 0 Å². The smallest absolute Gasteiger partial charge is 0.0858 e. The van der Waals surface area contributed by atoms with E-state index < -0.39 is 0 Å². The maximum Gasteiger partial charge on any atom is 0.0858 e. The topological polar surface area (TPSA) is 0 Å². The van der Waals surface area contributed by atoms with Crippen molar-refractivity contribution in [1.29, 1.82) is 0 Å². The second-order valence-electron chi connectivity index (χ2n) is 1.01. The van der Waals surface area contributed by atoms with E-state index in [1.54, 1.807) is 0 Å². The Morgan fingerprint density at radius 1 is 1.50 bits per heavy atom. The zero-order valence-corrected chi connectivity index (χ0v) is 7.22. The van der Waals surface area contributed by atoms with Crippen LogP contribution in [0.4, 0.5) is 0 Å². The van der Waals surface area contributed by atoms with Crippen LogP contribution >= 0.6 is 43.5 Å². The van der Waals surface area contributed by atoms with Gasteiger partial charge in [-0.1, -0.05) is 31.9 Å². The average Bonchev–Trinajstić information content (AvgIpc) is 1.36. The first kappa shape index (κ1) is 7.25. The minimum atomic E-state index is 0.157. The van der Waals surface area contributed by atoms with Gasteiger partial charge in [0.25, 0.3) is 0 Å². The Labute approximate surface area is 59.5 Å². The number of rotatable bonds is 1. The molecule has 0 amide bonds. The summed E-state index contributed by atoms with van der Waals surface area (Å²) in [5.41, 5.74) is 0. The zero-order chi connectivity index (χ0) is 5.15. The fourth-order valence-corrected chi connectivity index (χ4v) is 0. The van der Waals surface area contributed by atoms with E-state index in [2.05, 4.69) is 31.9 Å². The van der Waals surface area contributed by atoms with Crippen LogP contribution in [0.3, 0.4) is 0 Å². The molecule has 0 bridgehead atoms. The van der Waals surface area contributed by atoms with Crippen LogP contribution in [0.25, 0.3) is 0 Å². The maximum atomic E-state index is 5.52. The highest BCUT2D eigenvalue weighted by molar-refractivity contribution is 9.24. The first-order valence-electron chi connectivity index (χ1n) is 1.57. The molecule has 0 aliphatic carbocycles. The lowest BCUT2D eigenvalue weighted by Crippen LogP contribution is -1.98. The quantitative estimate of drug-likeness (QED) is 0.614. The van der Waals surface area contributed by atoms with Crippen molar-refractivity contribution in [3.63, 3.8) is 0 Å². The fourth-order valence-electron chi connectivity index (χ4n) is 0. The Morgan fingerprint density at radius 2 is 1.67 bits per heavy atom. The summed E-state index contributed by atoms with van der Waals surface area (Å²) >= 11 is 12.0. The molecule has 0 spiro atoms. The van der Waals surface area contributed by atoms with Crippen LogP contribution in [0.1, 0.15) is 6.92 Å². The van der Waals surface area contributed by atoms with Gasteiger partial charge in [-0.15, -0.1) is 11.6 Å². The van der Waals surface area contributed by atoms with E-state index in [-0.39, 0.29) is 9.11 Å². The van der Waals surface area contributed by atoms with Gasteiger partial charge in [-0.3, -0.25) is 0 Å². The van der Waals surface area contributed by atoms with E-state index in [1.165, 1.54) is 0 Å². The van der Waals surface area contributed by atoms with Crippen LogP contribution in [0, 0.1) is 0 Å². The van der Waals surface area contributed by atoms with Gasteiger partial charge >= 0.3 is 0 Å². The molecule has 0 radical (unpaired) electrons. The molecule has 0 aromatic carbocycles. The van der Waals surface area contributed by atoms with Crippen molar-refractivity contribution in [2.45, 2.75) is 16.0 Å². The van der Waals surface area contributed by atoms with Crippen LogP contribution in [0.5, 0.6) is 0 Å². The molecule has 6 heavy (non-hydrogen) atoms. The Bertz CT molecular complexity index is 29.8. The molecule has 0 fully saturated rings. The Kier molecular flexibility index (Phi) is 3.96. The van der Waals surface area contributed by atoms with Crippen molar-refractivity contribution < 1.29 is 0 Å². The normalized spacial score (nSPS) is 15.5. The summed E-state index contributed by atoms with van der Waals surface area (Å²) in [5, 5.41) is 0.157. The largest absolute Gasteiger partial charge is 0.121 e. The number of hydrogen-bond donors (Lipinski definition) is 0. The highest BCUT2D eigenvalue weighted by Crippen LogP contribution is 2.16. The summed E-state index contributed by atoms with van der Waals surface area (Å²) in [7, 11) is 0. The van der Waals surface area contributed by atoms with Crippen molar-refractivity contribution in [2.24, 2.45) is 0 Å². The lowest BCUT2D eigenvalue weighted by atomic mass is 10.6. The number of alkyl halides is 3. The van der Waals surface area contributed by atoms with Crippen molar-refractivity contribution in [3.05, 3.63) is 0 Å². The van der Waals surface area contributed by atoms with Crippen LogP contribution < -0.4 is 0 Å². The molecule has 0 aromatic heterocycles. The highest BCUT2D eigenvalue weighted by Gasteiger charge is 2.02. The summed E-state index contributed by atoms with van der Waals surface area (Å²) in [6, 6.07) is 0. The molecule has 38 valence electrons. The van der Waals surface area contributed by atoms with Crippen LogP contribution in [0.15, 0.2) is 0 Å². The van der Waals surface area contributed by atoms with Crippen LogP contribution in [-0.2, 0) is 0 Å². The molecular weight excluding hydrogens is 231 g/mol. The minimum Gasteiger partial charge on any atom is -0.121 e. The van der Waals surface area contributed by atoms with Gasteiger partial charge in [0.15, 0.2) is 0 Å².